The molecule has 0 bridgehead atoms. The number of amides is 1. The number of rotatable bonds is 6. The number of carbonyl (C=O) groups excluding carboxylic acids is 1. The molecule has 2 aromatic rings. The third kappa shape index (κ3) is 4.31. The molecule has 0 aliphatic heterocycles. The number of hydrogen-bond acceptors (Lipinski definition) is 5. The number of fused-ring (bicyclic) bond motifs is 3. The van der Waals surface area contributed by atoms with E-state index in [-0.39, 0.29) is 23.3 Å². The van der Waals surface area contributed by atoms with Crippen molar-refractivity contribution >= 4 is 39.2 Å². The van der Waals surface area contributed by atoms with Crippen molar-refractivity contribution in [2.24, 2.45) is 5.92 Å². The Morgan fingerprint density at radius 3 is 2.90 bits per heavy atom. The normalized spacial score (nSPS) is 21.7. The highest BCUT2D eigenvalue weighted by Crippen LogP contribution is 2.34. The summed E-state index contributed by atoms with van der Waals surface area (Å²) in [5, 5.41) is 4.60. The fraction of sp³-hybridized carbons (Fsp3) is 0.591. The van der Waals surface area contributed by atoms with Crippen LogP contribution in [0.2, 0.25) is 0 Å². The van der Waals surface area contributed by atoms with Crippen LogP contribution < -0.4 is 10.9 Å². The van der Waals surface area contributed by atoms with E-state index in [1.165, 1.54) is 47.9 Å². The number of hydrogen-bond donors (Lipinski definition) is 1. The van der Waals surface area contributed by atoms with Gasteiger partial charge in [0.05, 0.1) is 11.1 Å². The minimum Gasteiger partial charge on any atom is -0.352 e. The second kappa shape index (κ2) is 9.04. The van der Waals surface area contributed by atoms with E-state index in [0.29, 0.717) is 17.6 Å². The SMILES string of the molecule is C=CCn1c(SCC(=O)N[C@@H]2CCCC[C@@H]2C)nc2sc3c(c2c1=O)CCCC3. The molecule has 1 N–H and O–H groups in total. The Hall–Kier alpha value is -1.60. The maximum Gasteiger partial charge on any atom is 0.263 e. The minimum atomic E-state index is 0.0121. The van der Waals surface area contributed by atoms with Crippen LogP contribution in [0.25, 0.3) is 10.2 Å². The fourth-order valence-electron chi connectivity index (χ4n) is 4.53. The Labute approximate surface area is 180 Å². The summed E-state index contributed by atoms with van der Waals surface area (Å²) in [5.74, 6) is 0.839. The van der Waals surface area contributed by atoms with Crippen molar-refractivity contribution in [1.29, 1.82) is 0 Å². The summed E-state index contributed by atoms with van der Waals surface area (Å²) < 4.78 is 1.68. The van der Waals surface area contributed by atoms with Crippen LogP contribution in [-0.2, 0) is 24.2 Å². The van der Waals surface area contributed by atoms with Crippen molar-refractivity contribution in [2.45, 2.75) is 76.0 Å². The van der Waals surface area contributed by atoms with E-state index >= 15 is 0 Å². The molecule has 0 spiro atoms. The van der Waals surface area contributed by atoms with Crippen molar-refractivity contribution in [3.8, 4) is 0 Å². The van der Waals surface area contributed by atoms with Crippen LogP contribution in [0.5, 0.6) is 0 Å². The zero-order valence-electron chi connectivity index (χ0n) is 17.0. The van der Waals surface area contributed by atoms with Gasteiger partial charge in [0, 0.05) is 17.5 Å². The minimum absolute atomic E-state index is 0.0121. The van der Waals surface area contributed by atoms with Gasteiger partial charge in [0.2, 0.25) is 5.91 Å². The Bertz CT molecular complexity index is 979. The topological polar surface area (TPSA) is 64.0 Å². The second-order valence-electron chi connectivity index (χ2n) is 8.21. The third-order valence-electron chi connectivity index (χ3n) is 6.14. The molecule has 0 saturated heterocycles. The molecule has 0 unspecified atom stereocenters. The van der Waals surface area contributed by atoms with Crippen molar-refractivity contribution < 1.29 is 4.79 Å². The lowest BCUT2D eigenvalue weighted by molar-refractivity contribution is -0.119. The molecule has 2 heterocycles. The van der Waals surface area contributed by atoms with Crippen LogP contribution in [0.15, 0.2) is 22.6 Å². The van der Waals surface area contributed by atoms with Gasteiger partial charge in [-0.25, -0.2) is 4.98 Å². The quantitative estimate of drug-likeness (QED) is 0.421. The van der Waals surface area contributed by atoms with Crippen LogP contribution in [0, 0.1) is 5.92 Å². The largest absolute Gasteiger partial charge is 0.352 e. The first kappa shape index (κ1) is 20.7. The van der Waals surface area contributed by atoms with E-state index in [2.05, 4.69) is 18.8 Å². The number of thiophene rings is 1. The molecule has 1 fully saturated rings. The van der Waals surface area contributed by atoms with E-state index in [1.807, 2.05) is 0 Å². The first-order chi connectivity index (χ1) is 14.1. The van der Waals surface area contributed by atoms with Gasteiger partial charge in [-0.2, -0.15) is 0 Å². The summed E-state index contributed by atoms with van der Waals surface area (Å²) in [6.07, 6.45) is 10.7. The van der Waals surface area contributed by atoms with Crippen molar-refractivity contribution in [1.82, 2.24) is 14.9 Å². The smallest absolute Gasteiger partial charge is 0.263 e. The summed E-state index contributed by atoms with van der Waals surface area (Å²) in [7, 11) is 0. The van der Waals surface area contributed by atoms with Gasteiger partial charge in [0.25, 0.3) is 5.56 Å². The lowest BCUT2D eigenvalue weighted by Crippen LogP contribution is -2.41. The van der Waals surface area contributed by atoms with Crippen molar-refractivity contribution in [2.75, 3.05) is 5.75 Å². The fourth-order valence-corrected chi connectivity index (χ4v) is 6.65. The highest BCUT2D eigenvalue weighted by atomic mass is 32.2. The van der Waals surface area contributed by atoms with E-state index in [0.717, 1.165) is 35.9 Å². The first-order valence-electron chi connectivity index (χ1n) is 10.7. The molecule has 2 aliphatic carbocycles. The van der Waals surface area contributed by atoms with E-state index in [1.54, 1.807) is 22.0 Å². The summed E-state index contributed by atoms with van der Waals surface area (Å²) >= 11 is 3.01. The predicted octanol–water partition coefficient (Wildman–Crippen LogP) is 4.31. The first-order valence-corrected chi connectivity index (χ1v) is 12.5. The highest BCUT2D eigenvalue weighted by Gasteiger charge is 2.24. The zero-order valence-corrected chi connectivity index (χ0v) is 18.7. The molecule has 1 saturated carbocycles. The molecule has 2 aromatic heterocycles. The summed E-state index contributed by atoms with van der Waals surface area (Å²) in [5.41, 5.74) is 1.21. The van der Waals surface area contributed by atoms with Gasteiger partial charge in [0.15, 0.2) is 5.16 Å². The molecular weight excluding hydrogens is 402 g/mol. The highest BCUT2D eigenvalue weighted by molar-refractivity contribution is 7.99. The molecule has 1 amide bonds. The van der Waals surface area contributed by atoms with Gasteiger partial charge in [-0.3, -0.25) is 14.2 Å². The maximum atomic E-state index is 13.2. The van der Waals surface area contributed by atoms with Crippen molar-refractivity contribution in [3.63, 3.8) is 0 Å². The van der Waals surface area contributed by atoms with Crippen molar-refractivity contribution in [3.05, 3.63) is 33.4 Å². The third-order valence-corrected chi connectivity index (χ3v) is 8.30. The van der Waals surface area contributed by atoms with Gasteiger partial charge in [-0.1, -0.05) is 37.6 Å². The number of carbonyl (C=O) groups is 1. The molecule has 29 heavy (non-hydrogen) atoms. The molecule has 4 rings (SSSR count). The number of allylic oxidation sites excluding steroid dienone is 1. The number of aryl methyl sites for hydroxylation is 2. The molecule has 2 aliphatic rings. The monoisotopic (exact) mass is 431 g/mol. The van der Waals surface area contributed by atoms with E-state index < -0.39 is 0 Å². The van der Waals surface area contributed by atoms with E-state index in [4.69, 9.17) is 4.98 Å². The van der Waals surface area contributed by atoms with Gasteiger partial charge < -0.3 is 5.32 Å². The lowest BCUT2D eigenvalue weighted by Gasteiger charge is -2.29. The van der Waals surface area contributed by atoms with Gasteiger partial charge in [0.1, 0.15) is 4.83 Å². The summed E-state index contributed by atoms with van der Waals surface area (Å²) in [4.78, 5) is 32.7. The Morgan fingerprint density at radius 1 is 1.31 bits per heavy atom. The Kier molecular flexibility index (Phi) is 6.44. The lowest BCUT2D eigenvalue weighted by atomic mass is 9.86. The second-order valence-corrected chi connectivity index (χ2v) is 10.2. The number of thioether (sulfide) groups is 1. The molecule has 5 nitrogen and oxygen atoms in total. The van der Waals surface area contributed by atoms with Crippen LogP contribution in [-0.4, -0.2) is 27.3 Å². The molecule has 2 atom stereocenters. The number of nitrogens with zero attached hydrogens (tertiary/aromatic N) is 2. The van der Waals surface area contributed by atoms with Crippen LogP contribution in [0.1, 0.15) is 55.9 Å². The Morgan fingerprint density at radius 2 is 2.10 bits per heavy atom. The number of aromatic nitrogens is 2. The van der Waals surface area contributed by atoms with Gasteiger partial charge in [-0.15, -0.1) is 17.9 Å². The van der Waals surface area contributed by atoms with Crippen LogP contribution >= 0.6 is 23.1 Å². The average molecular weight is 432 g/mol. The zero-order chi connectivity index (χ0) is 20.4. The summed E-state index contributed by atoms with van der Waals surface area (Å²) in [6.45, 7) is 6.43. The average Bonchev–Trinajstić information content (AvgIpc) is 3.09. The molecule has 0 aromatic carbocycles. The van der Waals surface area contributed by atoms with Crippen LogP contribution in [0.3, 0.4) is 0 Å². The molecular formula is C22H29N3O2S2. The van der Waals surface area contributed by atoms with Gasteiger partial charge >= 0.3 is 0 Å². The molecule has 7 heteroatoms. The summed E-state index contributed by atoms with van der Waals surface area (Å²) in [6, 6.07) is 0.270. The predicted molar refractivity (Wildman–Crippen MR) is 121 cm³/mol. The van der Waals surface area contributed by atoms with Gasteiger partial charge in [-0.05, 0) is 50.0 Å². The molecule has 156 valence electrons. The Balaban J connectivity index is 1.56. The maximum absolute atomic E-state index is 13.2. The number of nitrogens with one attached hydrogen (secondary N) is 1. The molecule has 0 radical (unpaired) electrons. The standard InChI is InChI=1S/C22H29N3O2S2/c1-3-12-25-21(27)19-15-9-5-7-11-17(15)29-20(19)24-22(25)28-13-18(26)23-16-10-6-4-8-14(16)2/h3,14,16H,1,4-13H2,2H3,(H,23,26)/t14-,16+/m0/s1. The van der Waals surface area contributed by atoms with E-state index in [9.17, 15) is 9.59 Å². The van der Waals surface area contributed by atoms with Crippen LogP contribution in [0.4, 0.5) is 0 Å².